The summed E-state index contributed by atoms with van der Waals surface area (Å²) in [5, 5.41) is 3.98. The third-order valence-electron chi connectivity index (χ3n) is 5.74. The SMILES string of the molecule is CCc1nc(N(CCC(=O)Nc2ccc(OC)cc2)CCc2ccccc2)c2ccccc2n1. The highest BCUT2D eigenvalue weighted by Gasteiger charge is 2.16. The van der Waals surface area contributed by atoms with Crippen LogP contribution in [-0.4, -0.2) is 36.1 Å². The van der Waals surface area contributed by atoms with Crippen molar-refractivity contribution < 1.29 is 9.53 Å². The van der Waals surface area contributed by atoms with E-state index in [4.69, 9.17) is 14.7 Å². The number of aryl methyl sites for hydroxylation is 1. The van der Waals surface area contributed by atoms with Gasteiger partial charge in [-0.15, -0.1) is 0 Å². The normalized spacial score (nSPS) is 10.8. The van der Waals surface area contributed by atoms with Gasteiger partial charge in [-0.2, -0.15) is 0 Å². The number of benzene rings is 3. The maximum Gasteiger partial charge on any atom is 0.226 e. The smallest absolute Gasteiger partial charge is 0.226 e. The Kier molecular flexibility index (Phi) is 7.71. The lowest BCUT2D eigenvalue weighted by Crippen LogP contribution is -2.31. The molecule has 0 saturated carbocycles. The van der Waals surface area contributed by atoms with Crippen molar-refractivity contribution in [2.45, 2.75) is 26.2 Å². The number of amides is 1. The molecule has 1 N–H and O–H groups in total. The first kappa shape index (κ1) is 23.2. The number of nitrogens with zero attached hydrogens (tertiary/aromatic N) is 3. The Morgan fingerprint density at radius 2 is 1.65 bits per heavy atom. The van der Waals surface area contributed by atoms with Gasteiger partial charge in [0, 0.05) is 37.0 Å². The third kappa shape index (κ3) is 5.90. The summed E-state index contributed by atoms with van der Waals surface area (Å²) in [6.07, 6.45) is 1.96. The molecule has 34 heavy (non-hydrogen) atoms. The Labute approximate surface area is 200 Å². The van der Waals surface area contributed by atoms with E-state index in [2.05, 4.69) is 47.5 Å². The van der Waals surface area contributed by atoms with Crippen molar-refractivity contribution in [1.29, 1.82) is 0 Å². The van der Waals surface area contributed by atoms with Crippen molar-refractivity contribution in [3.8, 4) is 5.75 Å². The van der Waals surface area contributed by atoms with Gasteiger partial charge in [-0.25, -0.2) is 9.97 Å². The van der Waals surface area contributed by atoms with Crippen LogP contribution in [0.1, 0.15) is 24.7 Å². The number of methoxy groups -OCH3 is 1. The molecule has 0 bridgehead atoms. The number of carbonyl (C=O) groups is 1. The first-order valence-corrected chi connectivity index (χ1v) is 11.6. The first-order valence-electron chi connectivity index (χ1n) is 11.6. The van der Waals surface area contributed by atoms with Crippen LogP contribution in [0.3, 0.4) is 0 Å². The molecule has 0 aliphatic rings. The van der Waals surface area contributed by atoms with Crippen molar-refractivity contribution in [2.24, 2.45) is 0 Å². The number of ether oxygens (including phenoxy) is 1. The molecule has 3 aromatic carbocycles. The Balaban J connectivity index is 1.54. The minimum atomic E-state index is -0.0380. The van der Waals surface area contributed by atoms with Crippen LogP contribution in [0.4, 0.5) is 11.5 Å². The summed E-state index contributed by atoms with van der Waals surface area (Å²) in [5.74, 6) is 2.41. The molecule has 174 valence electrons. The van der Waals surface area contributed by atoms with E-state index < -0.39 is 0 Å². The highest BCUT2D eigenvalue weighted by Crippen LogP contribution is 2.25. The van der Waals surface area contributed by atoms with E-state index in [9.17, 15) is 4.79 Å². The third-order valence-corrected chi connectivity index (χ3v) is 5.74. The van der Waals surface area contributed by atoms with Gasteiger partial charge in [0.2, 0.25) is 5.91 Å². The van der Waals surface area contributed by atoms with E-state index >= 15 is 0 Å². The Bertz CT molecular complexity index is 1230. The molecule has 1 heterocycles. The lowest BCUT2D eigenvalue weighted by molar-refractivity contribution is -0.116. The Morgan fingerprint density at radius 1 is 0.912 bits per heavy atom. The molecule has 0 aliphatic heterocycles. The van der Waals surface area contributed by atoms with Crippen molar-refractivity contribution in [3.63, 3.8) is 0 Å². The van der Waals surface area contributed by atoms with E-state index in [1.807, 2.05) is 48.5 Å². The van der Waals surface area contributed by atoms with Gasteiger partial charge in [0.15, 0.2) is 0 Å². The summed E-state index contributed by atoms with van der Waals surface area (Å²) in [6.45, 7) is 3.37. The van der Waals surface area contributed by atoms with Gasteiger partial charge in [0.25, 0.3) is 0 Å². The van der Waals surface area contributed by atoms with Crippen molar-refractivity contribution in [3.05, 3.63) is 90.3 Å². The molecule has 4 rings (SSSR count). The van der Waals surface area contributed by atoms with Crippen molar-refractivity contribution >= 4 is 28.3 Å². The maximum atomic E-state index is 12.8. The lowest BCUT2D eigenvalue weighted by atomic mass is 10.1. The van der Waals surface area contributed by atoms with Crippen LogP contribution in [0.2, 0.25) is 0 Å². The zero-order valence-corrected chi connectivity index (χ0v) is 19.7. The number of aromatic nitrogens is 2. The van der Waals surface area contributed by atoms with E-state index in [1.54, 1.807) is 7.11 Å². The second-order valence-corrected chi connectivity index (χ2v) is 8.08. The molecule has 4 aromatic rings. The summed E-state index contributed by atoms with van der Waals surface area (Å²) in [4.78, 5) is 24.5. The van der Waals surface area contributed by atoms with Gasteiger partial charge in [-0.1, -0.05) is 49.4 Å². The van der Waals surface area contributed by atoms with Crippen molar-refractivity contribution in [1.82, 2.24) is 9.97 Å². The highest BCUT2D eigenvalue weighted by molar-refractivity contribution is 5.92. The molecule has 0 spiro atoms. The molecule has 0 unspecified atom stereocenters. The van der Waals surface area contributed by atoms with Gasteiger partial charge in [0.05, 0.1) is 12.6 Å². The van der Waals surface area contributed by atoms with Gasteiger partial charge in [0.1, 0.15) is 17.4 Å². The van der Waals surface area contributed by atoms with Crippen molar-refractivity contribution in [2.75, 3.05) is 30.4 Å². The Morgan fingerprint density at radius 3 is 2.38 bits per heavy atom. The molecular weight excluding hydrogens is 424 g/mol. The van der Waals surface area contributed by atoms with Gasteiger partial charge < -0.3 is 15.0 Å². The summed E-state index contributed by atoms with van der Waals surface area (Å²) < 4.78 is 5.19. The summed E-state index contributed by atoms with van der Waals surface area (Å²) in [6, 6.07) is 25.8. The fourth-order valence-corrected chi connectivity index (χ4v) is 3.87. The average molecular weight is 455 g/mol. The number of fused-ring (bicyclic) bond motifs is 1. The maximum absolute atomic E-state index is 12.8. The number of para-hydroxylation sites is 1. The lowest BCUT2D eigenvalue weighted by Gasteiger charge is -2.25. The van der Waals surface area contributed by atoms with E-state index in [0.717, 1.165) is 53.4 Å². The molecular formula is C28H30N4O2. The molecule has 6 heteroatoms. The minimum absolute atomic E-state index is 0.0380. The van der Waals surface area contributed by atoms with Crippen LogP contribution in [0.25, 0.3) is 10.9 Å². The zero-order chi connectivity index (χ0) is 23.8. The number of hydrogen-bond acceptors (Lipinski definition) is 5. The summed E-state index contributed by atoms with van der Waals surface area (Å²) in [7, 11) is 1.62. The van der Waals surface area contributed by atoms with Gasteiger partial charge in [-0.3, -0.25) is 4.79 Å². The molecule has 1 aromatic heterocycles. The quantitative estimate of drug-likeness (QED) is 0.353. The van der Waals surface area contributed by atoms with E-state index in [1.165, 1.54) is 5.56 Å². The number of hydrogen-bond donors (Lipinski definition) is 1. The number of carbonyl (C=O) groups excluding carboxylic acids is 1. The second-order valence-electron chi connectivity index (χ2n) is 8.08. The molecule has 0 radical (unpaired) electrons. The van der Waals surface area contributed by atoms with Gasteiger partial charge in [-0.05, 0) is 48.4 Å². The predicted molar refractivity (Wildman–Crippen MR) is 138 cm³/mol. The molecule has 1 amide bonds. The van der Waals surface area contributed by atoms with Gasteiger partial charge >= 0.3 is 0 Å². The van der Waals surface area contributed by atoms with Crippen LogP contribution < -0.4 is 15.0 Å². The number of anilines is 2. The van der Waals surface area contributed by atoms with Crippen LogP contribution in [0, 0.1) is 0 Å². The molecule has 0 saturated heterocycles. The standard InChI is InChI=1S/C28H30N4O2/c1-3-26-30-25-12-8-7-11-24(25)28(31-26)32(19-17-21-9-5-4-6-10-21)20-18-27(33)29-22-13-15-23(34-2)16-14-22/h4-16H,3,17-20H2,1-2H3,(H,29,33). The monoisotopic (exact) mass is 454 g/mol. The topological polar surface area (TPSA) is 67.4 Å². The molecule has 0 atom stereocenters. The summed E-state index contributed by atoms with van der Waals surface area (Å²) in [5.41, 5.74) is 2.93. The molecule has 0 aliphatic carbocycles. The number of rotatable bonds is 10. The van der Waals surface area contributed by atoms with Crippen LogP contribution in [0.5, 0.6) is 5.75 Å². The molecule has 0 fully saturated rings. The van der Waals surface area contributed by atoms with Crippen LogP contribution in [0.15, 0.2) is 78.9 Å². The zero-order valence-electron chi connectivity index (χ0n) is 19.7. The number of nitrogens with one attached hydrogen (secondary N) is 1. The fraction of sp³-hybridized carbons (Fsp3) is 0.250. The Hall–Kier alpha value is -3.93. The first-order chi connectivity index (χ1) is 16.7. The van der Waals surface area contributed by atoms with Crippen LogP contribution >= 0.6 is 0 Å². The highest BCUT2D eigenvalue weighted by atomic mass is 16.5. The fourth-order valence-electron chi connectivity index (χ4n) is 3.87. The minimum Gasteiger partial charge on any atom is -0.497 e. The average Bonchev–Trinajstić information content (AvgIpc) is 2.89. The summed E-state index contributed by atoms with van der Waals surface area (Å²) >= 11 is 0. The largest absolute Gasteiger partial charge is 0.497 e. The van der Waals surface area contributed by atoms with E-state index in [-0.39, 0.29) is 5.91 Å². The predicted octanol–water partition coefficient (Wildman–Crippen LogP) is 5.28. The van der Waals surface area contributed by atoms with Crippen LogP contribution in [-0.2, 0) is 17.6 Å². The molecule has 6 nitrogen and oxygen atoms in total. The second kappa shape index (κ2) is 11.3. The van der Waals surface area contributed by atoms with E-state index in [0.29, 0.717) is 13.0 Å².